The summed E-state index contributed by atoms with van der Waals surface area (Å²) >= 11 is 3.41. The van der Waals surface area contributed by atoms with Crippen LogP contribution in [0.1, 0.15) is 25.1 Å². The molecule has 0 radical (unpaired) electrons. The summed E-state index contributed by atoms with van der Waals surface area (Å²) in [6.45, 7) is 3.95. The number of halogens is 1. The maximum atomic E-state index is 12.2. The number of nitrogens with one attached hydrogen (secondary N) is 1. The molecule has 0 aliphatic rings. The van der Waals surface area contributed by atoms with Crippen molar-refractivity contribution in [1.82, 2.24) is 10.3 Å². The standard InChI is InChI=1S/C16H18BrN3O/c1-16(2,11-3-5-12(17)6-4-11)20-15(21)9-14-8-7-13(18)10-19-14/h3-8,10H,9,18H2,1-2H3,(H,20,21). The Hall–Kier alpha value is -1.88. The maximum Gasteiger partial charge on any atom is 0.226 e. The number of anilines is 1. The van der Waals surface area contributed by atoms with Crippen molar-refractivity contribution in [3.8, 4) is 0 Å². The van der Waals surface area contributed by atoms with Crippen molar-refractivity contribution in [2.24, 2.45) is 0 Å². The summed E-state index contributed by atoms with van der Waals surface area (Å²) in [5.41, 5.74) is 7.48. The largest absolute Gasteiger partial charge is 0.397 e. The molecule has 0 aliphatic carbocycles. The molecule has 5 heteroatoms. The van der Waals surface area contributed by atoms with Crippen molar-refractivity contribution >= 4 is 27.5 Å². The third-order valence-corrected chi connectivity index (χ3v) is 3.74. The second-order valence-electron chi connectivity index (χ2n) is 5.44. The normalized spacial score (nSPS) is 11.2. The third-order valence-electron chi connectivity index (χ3n) is 3.21. The van der Waals surface area contributed by atoms with E-state index in [4.69, 9.17) is 5.73 Å². The topological polar surface area (TPSA) is 68.0 Å². The summed E-state index contributed by atoms with van der Waals surface area (Å²) in [7, 11) is 0. The molecule has 0 saturated heterocycles. The minimum atomic E-state index is -0.439. The predicted molar refractivity (Wildman–Crippen MR) is 87.7 cm³/mol. The molecule has 4 nitrogen and oxygen atoms in total. The van der Waals surface area contributed by atoms with Crippen molar-refractivity contribution < 1.29 is 4.79 Å². The summed E-state index contributed by atoms with van der Waals surface area (Å²) in [5.74, 6) is -0.0693. The van der Waals surface area contributed by atoms with Gasteiger partial charge in [0.15, 0.2) is 0 Å². The molecule has 0 fully saturated rings. The van der Waals surface area contributed by atoms with Gasteiger partial charge in [-0.05, 0) is 43.7 Å². The Labute approximate surface area is 132 Å². The summed E-state index contributed by atoms with van der Waals surface area (Å²) < 4.78 is 1.01. The minimum absolute atomic E-state index is 0.0693. The molecule has 3 N–H and O–H groups in total. The molecule has 21 heavy (non-hydrogen) atoms. The van der Waals surface area contributed by atoms with Crippen LogP contribution in [0, 0.1) is 0 Å². The van der Waals surface area contributed by atoms with Crippen molar-refractivity contribution in [2.45, 2.75) is 25.8 Å². The van der Waals surface area contributed by atoms with Crippen LogP contribution in [0.5, 0.6) is 0 Å². The summed E-state index contributed by atoms with van der Waals surface area (Å²) in [5, 5.41) is 3.03. The zero-order valence-corrected chi connectivity index (χ0v) is 13.6. The predicted octanol–water partition coefficient (Wildman–Crippen LogP) is 3.02. The van der Waals surface area contributed by atoms with Gasteiger partial charge in [-0.15, -0.1) is 0 Å². The van der Waals surface area contributed by atoms with Gasteiger partial charge in [0.05, 0.1) is 23.8 Å². The number of hydrogen-bond donors (Lipinski definition) is 2. The van der Waals surface area contributed by atoms with Crippen LogP contribution >= 0.6 is 15.9 Å². The molecule has 1 aromatic heterocycles. The number of pyridine rings is 1. The number of aromatic nitrogens is 1. The fourth-order valence-corrected chi connectivity index (χ4v) is 2.30. The number of nitrogens with zero attached hydrogens (tertiary/aromatic N) is 1. The molecule has 2 rings (SSSR count). The molecule has 0 atom stereocenters. The first-order valence-corrected chi connectivity index (χ1v) is 7.43. The fraction of sp³-hybridized carbons (Fsp3) is 0.250. The van der Waals surface area contributed by atoms with Gasteiger partial charge < -0.3 is 11.1 Å². The second kappa shape index (κ2) is 6.26. The molecule has 2 aromatic rings. The molecule has 1 aromatic carbocycles. The van der Waals surface area contributed by atoms with E-state index in [1.165, 1.54) is 0 Å². The van der Waals surface area contributed by atoms with Crippen molar-refractivity contribution in [3.63, 3.8) is 0 Å². The average Bonchev–Trinajstić information content (AvgIpc) is 2.41. The van der Waals surface area contributed by atoms with Crippen LogP contribution < -0.4 is 11.1 Å². The maximum absolute atomic E-state index is 12.2. The lowest BCUT2D eigenvalue weighted by Gasteiger charge is -2.27. The van der Waals surface area contributed by atoms with E-state index >= 15 is 0 Å². The van der Waals surface area contributed by atoms with Gasteiger partial charge in [0, 0.05) is 10.2 Å². The molecule has 0 bridgehead atoms. The highest BCUT2D eigenvalue weighted by Crippen LogP contribution is 2.22. The van der Waals surface area contributed by atoms with E-state index < -0.39 is 5.54 Å². The van der Waals surface area contributed by atoms with Gasteiger partial charge in [0.1, 0.15) is 0 Å². The van der Waals surface area contributed by atoms with Crippen molar-refractivity contribution in [3.05, 3.63) is 58.3 Å². The van der Waals surface area contributed by atoms with Crippen LogP contribution in [-0.2, 0) is 16.8 Å². The smallest absolute Gasteiger partial charge is 0.226 e. The van der Waals surface area contributed by atoms with E-state index in [0.717, 1.165) is 10.0 Å². The Morgan fingerprint density at radius 1 is 1.24 bits per heavy atom. The third kappa shape index (κ3) is 4.29. The number of benzene rings is 1. The van der Waals surface area contributed by atoms with Gasteiger partial charge in [-0.25, -0.2) is 0 Å². The van der Waals surface area contributed by atoms with E-state index in [-0.39, 0.29) is 12.3 Å². The average molecular weight is 348 g/mol. The van der Waals surface area contributed by atoms with Gasteiger partial charge in [-0.3, -0.25) is 9.78 Å². The first kappa shape index (κ1) is 15.5. The number of hydrogen-bond acceptors (Lipinski definition) is 3. The Bertz CT molecular complexity index is 621. The zero-order chi connectivity index (χ0) is 15.5. The molecular formula is C16H18BrN3O. The van der Waals surface area contributed by atoms with Gasteiger partial charge in [0.2, 0.25) is 5.91 Å². The van der Waals surface area contributed by atoms with E-state index in [0.29, 0.717) is 11.4 Å². The van der Waals surface area contributed by atoms with Gasteiger partial charge in [-0.2, -0.15) is 0 Å². The van der Waals surface area contributed by atoms with Crippen LogP contribution in [0.25, 0.3) is 0 Å². The van der Waals surface area contributed by atoms with Crippen LogP contribution in [0.2, 0.25) is 0 Å². The molecule has 0 aliphatic heterocycles. The lowest BCUT2D eigenvalue weighted by molar-refractivity contribution is -0.122. The van der Waals surface area contributed by atoms with Crippen LogP contribution in [0.4, 0.5) is 5.69 Å². The second-order valence-corrected chi connectivity index (χ2v) is 6.36. The molecule has 110 valence electrons. The number of carbonyl (C=O) groups excluding carboxylic acids is 1. The number of nitrogen functional groups attached to an aromatic ring is 1. The fourth-order valence-electron chi connectivity index (χ4n) is 2.04. The van der Waals surface area contributed by atoms with Gasteiger partial charge in [0.25, 0.3) is 0 Å². The molecule has 0 spiro atoms. The van der Waals surface area contributed by atoms with Gasteiger partial charge in [-0.1, -0.05) is 28.1 Å². The van der Waals surface area contributed by atoms with Crippen LogP contribution in [0.15, 0.2) is 47.1 Å². The lowest BCUT2D eigenvalue weighted by Crippen LogP contribution is -2.41. The minimum Gasteiger partial charge on any atom is -0.397 e. The SMILES string of the molecule is CC(C)(NC(=O)Cc1ccc(N)cn1)c1ccc(Br)cc1. The van der Waals surface area contributed by atoms with E-state index in [2.05, 4.69) is 26.2 Å². The van der Waals surface area contributed by atoms with Crippen molar-refractivity contribution in [1.29, 1.82) is 0 Å². The highest BCUT2D eigenvalue weighted by Gasteiger charge is 2.22. The Morgan fingerprint density at radius 2 is 1.90 bits per heavy atom. The zero-order valence-electron chi connectivity index (χ0n) is 12.1. The summed E-state index contributed by atoms with van der Waals surface area (Å²) in [6, 6.07) is 11.4. The van der Waals surface area contributed by atoms with E-state index in [9.17, 15) is 4.79 Å². The quantitative estimate of drug-likeness (QED) is 0.893. The monoisotopic (exact) mass is 347 g/mol. The number of nitrogens with two attached hydrogens (primary N) is 1. The molecule has 1 amide bonds. The van der Waals surface area contributed by atoms with E-state index in [1.807, 2.05) is 38.1 Å². The van der Waals surface area contributed by atoms with Crippen LogP contribution in [-0.4, -0.2) is 10.9 Å². The Morgan fingerprint density at radius 3 is 2.48 bits per heavy atom. The first-order valence-electron chi connectivity index (χ1n) is 6.64. The number of amides is 1. The highest BCUT2D eigenvalue weighted by atomic mass is 79.9. The Kier molecular flexibility index (Phi) is 4.63. The molecule has 0 saturated carbocycles. The van der Waals surface area contributed by atoms with Gasteiger partial charge >= 0.3 is 0 Å². The first-order chi connectivity index (χ1) is 9.87. The lowest BCUT2D eigenvalue weighted by atomic mass is 9.94. The molecular weight excluding hydrogens is 330 g/mol. The Balaban J connectivity index is 2.03. The number of rotatable bonds is 4. The summed E-state index contributed by atoms with van der Waals surface area (Å²) in [4.78, 5) is 16.3. The number of carbonyl (C=O) groups is 1. The highest BCUT2D eigenvalue weighted by molar-refractivity contribution is 9.10. The van der Waals surface area contributed by atoms with Crippen molar-refractivity contribution in [2.75, 3.05) is 5.73 Å². The molecule has 1 heterocycles. The van der Waals surface area contributed by atoms with Crippen LogP contribution in [0.3, 0.4) is 0 Å². The van der Waals surface area contributed by atoms with E-state index in [1.54, 1.807) is 18.3 Å². The summed E-state index contributed by atoms with van der Waals surface area (Å²) in [6.07, 6.45) is 1.79. The molecule has 0 unspecified atom stereocenters.